The van der Waals surface area contributed by atoms with Crippen LogP contribution in [0.25, 0.3) is 0 Å². The van der Waals surface area contributed by atoms with Gasteiger partial charge in [-0.3, -0.25) is 23.7 Å². The average molecular weight is 883 g/mol. The number of ketones is 1. The molecule has 0 radical (unpaired) electrons. The zero-order valence-electron chi connectivity index (χ0n) is 30.7. The summed E-state index contributed by atoms with van der Waals surface area (Å²) in [7, 11) is -8.59. The molecule has 2 rings (SSSR count). The third-order valence-corrected chi connectivity index (χ3v) is 10.5. The number of aliphatic hydroxyl groups excluding tert-OH is 5. The molecule has 56 heavy (non-hydrogen) atoms. The van der Waals surface area contributed by atoms with Crippen LogP contribution in [0.3, 0.4) is 0 Å². The van der Waals surface area contributed by atoms with Crippen molar-refractivity contribution in [2.75, 3.05) is 59.3 Å². The number of carbonyl (C=O) groups excluding carboxylic acids is 1. The Hall–Kier alpha value is -1.83. The van der Waals surface area contributed by atoms with E-state index < -0.39 is 96.5 Å². The Morgan fingerprint density at radius 2 is 1.16 bits per heavy atom. The summed E-state index contributed by atoms with van der Waals surface area (Å²) in [5.41, 5.74) is -0.0641. The Bertz CT molecular complexity index is 1530. The zero-order valence-corrected chi connectivity index (χ0v) is 33.6. The number of nitrogens with zero attached hydrogens (tertiary/aromatic N) is 2. The van der Waals surface area contributed by atoms with Gasteiger partial charge in [0.1, 0.15) is 29.9 Å². The number of benzene rings is 2. The Morgan fingerprint density at radius 1 is 0.679 bits per heavy atom. The topological polar surface area (TPSA) is 299 Å². The molecule has 2 aromatic rings. The molecule has 0 aliphatic rings. The Labute approximate surface area is 338 Å². The SMILES string of the molecule is C.COCCOCCC(=O)CCCCCC(C(CO)N(CP(=O)(O)O)C(CO)c1cccc(CO)c1O)N(CP(=O)(O)O)C(CO)c1cccc(CO)c1O.[Fe]. The van der Waals surface area contributed by atoms with Crippen LogP contribution in [-0.2, 0) is 53.7 Å². The number of ether oxygens (including phenoxy) is 2. The van der Waals surface area contributed by atoms with Crippen molar-refractivity contribution in [1.82, 2.24) is 9.80 Å². The summed E-state index contributed by atoms with van der Waals surface area (Å²) in [6.45, 7) is -3.00. The molecule has 0 saturated carbocycles. The molecule has 0 bridgehead atoms. The molecule has 0 fully saturated rings. The normalized spacial score (nSPS) is 14.2. The second-order valence-corrected chi connectivity index (χ2v) is 16.1. The molecule has 0 saturated heterocycles. The van der Waals surface area contributed by atoms with Gasteiger partial charge in [-0.25, -0.2) is 0 Å². The number of unbranched alkanes of at least 4 members (excludes halogenated alkanes) is 2. The largest absolute Gasteiger partial charge is 0.507 e. The average Bonchev–Trinajstić information content (AvgIpc) is 3.11. The minimum Gasteiger partial charge on any atom is -0.507 e. The maximum absolute atomic E-state index is 12.8. The number of hydrogen-bond donors (Lipinski definition) is 11. The summed E-state index contributed by atoms with van der Waals surface area (Å²) in [5, 5.41) is 74.1. The first-order chi connectivity index (χ1) is 25.6. The number of methoxy groups -OCH3 is 1. The molecule has 0 aliphatic heterocycles. The Kier molecular flexibility index (Phi) is 26.1. The van der Waals surface area contributed by atoms with Crippen LogP contribution < -0.4 is 0 Å². The first kappa shape index (κ1) is 54.2. The number of Topliss-reactive ketones (excluding diaryl/α,β-unsaturated/α-hetero) is 1. The fraction of sp³-hybridized carbons (Fsp3) is 0.629. The number of para-hydroxylation sites is 2. The zero-order chi connectivity index (χ0) is 40.5. The van der Waals surface area contributed by atoms with Crippen LogP contribution in [0.1, 0.15) is 80.3 Å². The van der Waals surface area contributed by atoms with Gasteiger partial charge in [-0.2, -0.15) is 0 Å². The summed E-state index contributed by atoms with van der Waals surface area (Å²) in [6, 6.07) is 2.68. The van der Waals surface area contributed by atoms with Crippen LogP contribution in [0, 0.1) is 0 Å². The van der Waals surface area contributed by atoms with Gasteiger partial charge in [0.2, 0.25) is 0 Å². The number of aromatic hydroxyl groups is 2. The van der Waals surface area contributed by atoms with E-state index in [1.807, 2.05) is 0 Å². The van der Waals surface area contributed by atoms with Gasteiger partial charge in [0.25, 0.3) is 0 Å². The Balaban J connectivity index is 0.0000151. The van der Waals surface area contributed by atoms with Crippen LogP contribution in [-0.4, -0.2) is 142 Å². The second-order valence-electron chi connectivity index (χ2n) is 12.9. The molecule has 18 nitrogen and oxygen atoms in total. The molecule has 2 aromatic carbocycles. The van der Waals surface area contributed by atoms with Crippen molar-refractivity contribution in [3.63, 3.8) is 0 Å². The smallest absolute Gasteiger partial charge is 0.339 e. The van der Waals surface area contributed by atoms with Crippen molar-refractivity contribution < 1.29 is 95.8 Å². The quantitative estimate of drug-likeness (QED) is 0.0329. The molecule has 0 aromatic heterocycles. The standard InChI is InChI=1S/C34H56N2O16P2.CH4.Fe/c1-51-15-16-52-14-13-26(42)9-3-2-4-12-29(35(22-53(45,46)47)30(19-39)27-10-5-7-24(17-37)33(27)43)32(21-41)36(23-54(48,49)50)31(20-40)28-11-6-8-25(18-38)34(28)44;;/h5-8,10-11,29-32,37-41,43-44H,2-4,9,12-23H2,1H3,(H2,45,46,47)(H2,48,49,50);1H4;. The molecule has 0 aliphatic carbocycles. The van der Waals surface area contributed by atoms with Crippen molar-refractivity contribution in [2.45, 2.75) is 83.3 Å². The van der Waals surface area contributed by atoms with Gasteiger partial charge in [0.15, 0.2) is 0 Å². The van der Waals surface area contributed by atoms with E-state index in [1.165, 1.54) is 43.5 Å². The molecule has 0 heterocycles. The molecular weight excluding hydrogens is 822 g/mol. The molecule has 4 unspecified atom stereocenters. The monoisotopic (exact) mass is 882 g/mol. The summed E-state index contributed by atoms with van der Waals surface area (Å²) in [5.74, 6) is -1.05. The molecule has 0 spiro atoms. The number of carbonyl (C=O) groups is 1. The van der Waals surface area contributed by atoms with E-state index in [-0.39, 0.29) is 84.8 Å². The van der Waals surface area contributed by atoms with Gasteiger partial charge in [0.05, 0.1) is 64.9 Å². The number of rotatable bonds is 28. The number of aliphatic hydroxyl groups is 5. The van der Waals surface area contributed by atoms with Gasteiger partial charge in [-0.1, -0.05) is 56.7 Å². The summed E-state index contributed by atoms with van der Waals surface area (Å²) in [6.07, 6.45) is -0.900. The van der Waals surface area contributed by atoms with E-state index in [0.29, 0.717) is 26.1 Å². The van der Waals surface area contributed by atoms with Crippen molar-refractivity contribution in [2.24, 2.45) is 0 Å². The predicted octanol–water partition coefficient (Wildman–Crippen LogP) is 1.66. The third kappa shape index (κ3) is 17.2. The molecule has 0 amide bonds. The van der Waals surface area contributed by atoms with Crippen molar-refractivity contribution in [3.8, 4) is 11.5 Å². The van der Waals surface area contributed by atoms with Gasteiger partial charge in [-0.05, 0) is 12.8 Å². The minimum absolute atomic E-state index is 0. The van der Waals surface area contributed by atoms with Gasteiger partial charge in [0, 0.05) is 71.4 Å². The molecule has 4 atom stereocenters. The van der Waals surface area contributed by atoms with E-state index in [2.05, 4.69) is 0 Å². The van der Waals surface area contributed by atoms with Crippen LogP contribution in [0.2, 0.25) is 0 Å². The van der Waals surface area contributed by atoms with Crippen molar-refractivity contribution in [3.05, 3.63) is 58.7 Å². The van der Waals surface area contributed by atoms with Gasteiger partial charge in [-0.15, -0.1) is 0 Å². The molecule has 11 N–H and O–H groups in total. The molecule has 324 valence electrons. The maximum Gasteiger partial charge on any atom is 0.339 e. The summed E-state index contributed by atoms with van der Waals surface area (Å²) in [4.78, 5) is 55.7. The predicted molar refractivity (Wildman–Crippen MR) is 202 cm³/mol. The summed E-state index contributed by atoms with van der Waals surface area (Å²) < 4.78 is 35.7. The molecule has 21 heteroatoms. The fourth-order valence-corrected chi connectivity index (χ4v) is 8.17. The van der Waals surface area contributed by atoms with E-state index in [1.54, 1.807) is 0 Å². The van der Waals surface area contributed by atoms with Crippen molar-refractivity contribution >= 4 is 21.0 Å². The van der Waals surface area contributed by atoms with E-state index in [9.17, 15) is 69.2 Å². The van der Waals surface area contributed by atoms with Crippen LogP contribution in [0.15, 0.2) is 36.4 Å². The van der Waals surface area contributed by atoms with Crippen molar-refractivity contribution in [1.29, 1.82) is 0 Å². The minimum atomic E-state index is -5.06. The second kappa shape index (κ2) is 27.0. The fourth-order valence-electron chi connectivity index (χ4n) is 6.51. The third-order valence-electron chi connectivity index (χ3n) is 9.10. The number of hydrogen-bond acceptors (Lipinski definition) is 14. The Morgan fingerprint density at radius 3 is 1.57 bits per heavy atom. The summed E-state index contributed by atoms with van der Waals surface area (Å²) >= 11 is 0. The van der Waals surface area contributed by atoms with Crippen LogP contribution >= 0.6 is 15.2 Å². The maximum atomic E-state index is 12.8. The first-order valence-corrected chi connectivity index (χ1v) is 21.0. The van der Waals surface area contributed by atoms with E-state index in [4.69, 9.17) is 9.47 Å². The van der Waals surface area contributed by atoms with Gasteiger partial charge >= 0.3 is 15.2 Å². The first-order valence-electron chi connectivity index (χ1n) is 17.4. The van der Waals surface area contributed by atoms with E-state index >= 15 is 0 Å². The van der Waals surface area contributed by atoms with Gasteiger partial charge < -0.3 is 64.8 Å². The molecular formula is C35H60FeN2O16P2. The van der Waals surface area contributed by atoms with Crippen LogP contribution in [0.5, 0.6) is 11.5 Å². The van der Waals surface area contributed by atoms with E-state index in [0.717, 1.165) is 9.80 Å². The van der Waals surface area contributed by atoms with Crippen LogP contribution in [0.4, 0.5) is 0 Å². The number of phenols is 2.